The summed E-state index contributed by atoms with van der Waals surface area (Å²) in [5, 5.41) is 0. The van der Waals surface area contributed by atoms with Gasteiger partial charge in [-0.15, -0.1) is 0 Å². The molecule has 1 aromatic carbocycles. The minimum Gasteiger partial charge on any atom is -0.363 e. The number of Topliss-reactive ketones (excluding diaryl/α,β-unsaturated/α-hetero) is 1. The Labute approximate surface area is 98.4 Å². The molecule has 15 heavy (non-hydrogen) atoms. The summed E-state index contributed by atoms with van der Waals surface area (Å²) in [4.78, 5) is 13.4. The quantitative estimate of drug-likeness (QED) is 0.780. The molecule has 0 aromatic heterocycles. The van der Waals surface area contributed by atoms with E-state index in [-0.39, 0.29) is 0 Å². The van der Waals surface area contributed by atoms with E-state index in [4.69, 9.17) is 0 Å². The van der Waals surface area contributed by atoms with Crippen LogP contribution in [0, 0.1) is 13.8 Å². The fraction of sp³-hybridized carbons (Fsp3) is 0.417. The van der Waals surface area contributed by atoms with Gasteiger partial charge in [0.25, 0.3) is 0 Å². The van der Waals surface area contributed by atoms with Gasteiger partial charge >= 0.3 is 0 Å². The van der Waals surface area contributed by atoms with Gasteiger partial charge in [-0.1, -0.05) is 6.07 Å². The van der Waals surface area contributed by atoms with Gasteiger partial charge in [-0.2, -0.15) is 0 Å². The van der Waals surface area contributed by atoms with Crippen LogP contribution in [0.3, 0.4) is 0 Å². The maximum atomic E-state index is 11.3. The molecular formula is C12H14BrNO. The molecule has 0 aliphatic carbocycles. The van der Waals surface area contributed by atoms with Gasteiger partial charge in [0, 0.05) is 17.4 Å². The van der Waals surface area contributed by atoms with Gasteiger partial charge in [0.1, 0.15) is 0 Å². The summed E-state index contributed by atoms with van der Waals surface area (Å²) in [5.41, 5.74) is 3.65. The van der Waals surface area contributed by atoms with Gasteiger partial charge in [-0.25, -0.2) is 0 Å². The number of hydrogen-bond donors (Lipinski definition) is 0. The normalized spacial score (nSPS) is 16.2. The van der Waals surface area contributed by atoms with Crippen molar-refractivity contribution in [3.63, 3.8) is 0 Å². The number of nitrogens with zero attached hydrogens (tertiary/aromatic N) is 1. The molecule has 0 amide bonds. The lowest BCUT2D eigenvalue weighted by Gasteiger charge is -2.21. The molecule has 1 heterocycles. The van der Waals surface area contributed by atoms with Crippen LogP contribution in [-0.2, 0) is 4.79 Å². The summed E-state index contributed by atoms with van der Waals surface area (Å²) in [6.07, 6.45) is 0.680. The van der Waals surface area contributed by atoms with Crippen molar-refractivity contribution in [2.45, 2.75) is 20.3 Å². The van der Waals surface area contributed by atoms with Crippen molar-refractivity contribution >= 4 is 27.4 Å². The van der Waals surface area contributed by atoms with Gasteiger partial charge in [0.15, 0.2) is 5.78 Å². The second-order valence-corrected chi connectivity index (χ2v) is 4.98. The Balaban J connectivity index is 2.39. The van der Waals surface area contributed by atoms with Gasteiger partial charge < -0.3 is 4.90 Å². The maximum Gasteiger partial charge on any atom is 0.153 e. The Kier molecular flexibility index (Phi) is 2.83. The third kappa shape index (κ3) is 2.07. The number of carbonyl (C=O) groups excluding carboxylic acids is 1. The van der Waals surface area contributed by atoms with Gasteiger partial charge in [-0.3, -0.25) is 4.79 Å². The van der Waals surface area contributed by atoms with Crippen molar-refractivity contribution in [3.05, 3.63) is 27.7 Å². The lowest BCUT2D eigenvalue weighted by atomic mass is 10.1. The highest BCUT2D eigenvalue weighted by atomic mass is 79.9. The average Bonchev–Trinajstić information content (AvgIpc) is 2.49. The summed E-state index contributed by atoms with van der Waals surface area (Å²) < 4.78 is 1.09. The predicted octanol–water partition coefficient (Wildman–Crippen LogP) is 2.85. The Hall–Kier alpha value is -0.830. The van der Waals surface area contributed by atoms with E-state index in [0.29, 0.717) is 18.7 Å². The molecule has 0 atom stereocenters. The number of ketones is 1. The number of rotatable bonds is 1. The molecular weight excluding hydrogens is 254 g/mol. The highest BCUT2D eigenvalue weighted by molar-refractivity contribution is 9.10. The van der Waals surface area contributed by atoms with E-state index in [1.54, 1.807) is 0 Å². The van der Waals surface area contributed by atoms with Gasteiger partial charge in [0.05, 0.1) is 12.2 Å². The summed E-state index contributed by atoms with van der Waals surface area (Å²) in [5.74, 6) is 0.335. The summed E-state index contributed by atoms with van der Waals surface area (Å²) in [7, 11) is 0. The summed E-state index contributed by atoms with van der Waals surface area (Å²) >= 11 is 3.57. The second-order valence-electron chi connectivity index (χ2n) is 4.12. The number of halogens is 1. The number of hydrogen-bond acceptors (Lipinski definition) is 2. The zero-order valence-corrected chi connectivity index (χ0v) is 10.6. The van der Waals surface area contributed by atoms with Crippen molar-refractivity contribution in [1.29, 1.82) is 0 Å². The molecule has 2 nitrogen and oxygen atoms in total. The monoisotopic (exact) mass is 267 g/mol. The van der Waals surface area contributed by atoms with Crippen LogP contribution >= 0.6 is 15.9 Å². The van der Waals surface area contributed by atoms with Crippen LogP contribution in [0.25, 0.3) is 0 Å². The predicted molar refractivity (Wildman–Crippen MR) is 65.5 cm³/mol. The van der Waals surface area contributed by atoms with Gasteiger partial charge in [-0.05, 0) is 47.0 Å². The van der Waals surface area contributed by atoms with Crippen molar-refractivity contribution in [1.82, 2.24) is 0 Å². The van der Waals surface area contributed by atoms with Crippen LogP contribution in [-0.4, -0.2) is 18.9 Å². The highest BCUT2D eigenvalue weighted by Gasteiger charge is 2.22. The van der Waals surface area contributed by atoms with Crippen LogP contribution in [0.1, 0.15) is 17.5 Å². The van der Waals surface area contributed by atoms with Crippen LogP contribution in [0.4, 0.5) is 5.69 Å². The molecule has 0 bridgehead atoms. The Morgan fingerprint density at radius 2 is 2.07 bits per heavy atom. The largest absolute Gasteiger partial charge is 0.363 e. The van der Waals surface area contributed by atoms with Crippen LogP contribution in [0.5, 0.6) is 0 Å². The lowest BCUT2D eigenvalue weighted by molar-refractivity contribution is -0.116. The number of benzene rings is 1. The average molecular weight is 268 g/mol. The molecule has 1 fully saturated rings. The minimum atomic E-state index is 0.335. The van der Waals surface area contributed by atoms with Crippen LogP contribution < -0.4 is 4.90 Å². The Morgan fingerprint density at radius 1 is 1.33 bits per heavy atom. The van der Waals surface area contributed by atoms with E-state index in [9.17, 15) is 4.79 Å². The zero-order chi connectivity index (χ0) is 11.0. The molecule has 2 rings (SSSR count). The van der Waals surface area contributed by atoms with Crippen LogP contribution in [0.15, 0.2) is 16.6 Å². The number of carbonyl (C=O) groups is 1. The minimum absolute atomic E-state index is 0.335. The van der Waals surface area contributed by atoms with E-state index in [0.717, 1.165) is 11.0 Å². The van der Waals surface area contributed by atoms with E-state index >= 15 is 0 Å². The maximum absolute atomic E-state index is 11.3. The standard InChI is InChI=1S/C12H14BrNO/c1-8-5-9(2)12(11(13)6-8)14-4-3-10(15)7-14/h5-6H,3-4,7H2,1-2H3. The van der Waals surface area contributed by atoms with E-state index in [2.05, 4.69) is 46.8 Å². The molecule has 1 aromatic rings. The molecule has 1 aliphatic heterocycles. The first-order chi connectivity index (χ1) is 7.08. The van der Waals surface area contributed by atoms with Crippen molar-refractivity contribution in [2.75, 3.05) is 18.0 Å². The second kappa shape index (κ2) is 3.97. The van der Waals surface area contributed by atoms with Crippen molar-refractivity contribution < 1.29 is 4.79 Å². The molecule has 0 N–H and O–H groups in total. The number of anilines is 1. The SMILES string of the molecule is Cc1cc(C)c(N2CCC(=O)C2)c(Br)c1. The van der Waals surface area contributed by atoms with E-state index in [1.807, 2.05) is 0 Å². The first-order valence-electron chi connectivity index (χ1n) is 5.11. The molecule has 3 heteroatoms. The molecule has 0 unspecified atom stereocenters. The van der Waals surface area contributed by atoms with E-state index in [1.165, 1.54) is 16.8 Å². The molecule has 0 spiro atoms. The smallest absolute Gasteiger partial charge is 0.153 e. The Morgan fingerprint density at radius 3 is 2.60 bits per heavy atom. The number of aryl methyl sites for hydroxylation is 2. The molecule has 1 saturated heterocycles. The van der Waals surface area contributed by atoms with Gasteiger partial charge in [0.2, 0.25) is 0 Å². The zero-order valence-electron chi connectivity index (χ0n) is 9.01. The fourth-order valence-corrected chi connectivity index (χ4v) is 3.05. The first kappa shape index (κ1) is 10.7. The van der Waals surface area contributed by atoms with Crippen LogP contribution in [0.2, 0.25) is 0 Å². The molecule has 1 aliphatic rings. The first-order valence-corrected chi connectivity index (χ1v) is 5.90. The lowest BCUT2D eigenvalue weighted by Crippen LogP contribution is -2.21. The summed E-state index contributed by atoms with van der Waals surface area (Å²) in [6.45, 7) is 5.58. The van der Waals surface area contributed by atoms with Crippen molar-refractivity contribution in [3.8, 4) is 0 Å². The highest BCUT2D eigenvalue weighted by Crippen LogP contribution is 2.32. The third-order valence-corrected chi connectivity index (χ3v) is 3.35. The van der Waals surface area contributed by atoms with Crippen molar-refractivity contribution in [2.24, 2.45) is 0 Å². The molecule has 80 valence electrons. The topological polar surface area (TPSA) is 20.3 Å². The molecule has 0 radical (unpaired) electrons. The summed E-state index contributed by atoms with van der Waals surface area (Å²) in [6, 6.07) is 4.26. The Bertz CT molecular complexity index is 391. The third-order valence-electron chi connectivity index (χ3n) is 2.74. The molecule has 0 saturated carbocycles. The van der Waals surface area contributed by atoms with E-state index < -0.39 is 0 Å². The fourth-order valence-electron chi connectivity index (χ4n) is 2.13.